The largest absolute Gasteiger partial charge is 0.494 e. The van der Waals surface area contributed by atoms with Crippen LogP contribution in [-0.4, -0.2) is 95.1 Å². The third kappa shape index (κ3) is 7.20. The van der Waals surface area contributed by atoms with Crippen LogP contribution >= 0.6 is 19.5 Å². The Bertz CT molecular complexity index is 1260. The van der Waals surface area contributed by atoms with Gasteiger partial charge in [-0.05, 0) is 45.1 Å². The number of ether oxygens (including phenoxy) is 1. The van der Waals surface area contributed by atoms with Crippen molar-refractivity contribution in [3.05, 3.63) is 53.7 Å². The number of methoxy groups -OCH3 is 1. The monoisotopic (exact) mass is 558 g/mol. The molecule has 1 fully saturated rings. The molecule has 0 bridgehead atoms. The summed E-state index contributed by atoms with van der Waals surface area (Å²) in [7, 11) is 22.1. The van der Waals surface area contributed by atoms with E-state index in [-0.39, 0.29) is 0 Å². The molecule has 0 amide bonds. The number of hydrogen-bond donors (Lipinski definition) is 3. The number of anilines is 5. The predicted molar refractivity (Wildman–Crippen MR) is 166 cm³/mol. The van der Waals surface area contributed by atoms with Crippen LogP contribution in [0.4, 0.5) is 28.8 Å². The second kappa shape index (κ2) is 13.3. The highest BCUT2D eigenvalue weighted by Crippen LogP contribution is 2.43. The number of hydrogen-bond acceptors (Lipinski definition) is 8. The minimum absolute atomic E-state index is 0.313. The van der Waals surface area contributed by atoms with Gasteiger partial charge in [0.2, 0.25) is 5.95 Å². The van der Waals surface area contributed by atoms with Crippen LogP contribution in [-0.2, 0) is 0 Å². The molecule has 2 heterocycles. The summed E-state index contributed by atoms with van der Waals surface area (Å²) in [6, 6.07) is 14.0. The van der Waals surface area contributed by atoms with Gasteiger partial charge in [-0.2, -0.15) is 4.98 Å². The van der Waals surface area contributed by atoms with Gasteiger partial charge in [0.05, 0.1) is 34.7 Å². The molecule has 3 aromatic rings. The molecule has 0 aliphatic carbocycles. The number of piperidine rings is 1. The van der Waals surface area contributed by atoms with Crippen molar-refractivity contribution in [3.8, 4) is 5.75 Å². The van der Waals surface area contributed by atoms with Gasteiger partial charge in [-0.15, -0.1) is 0 Å². The average molecular weight is 558 g/mol. The number of nitrogens with zero attached hydrogens (tertiary/aromatic N) is 4. The second-order valence-electron chi connectivity index (χ2n) is 9.54. The third-order valence-corrected chi connectivity index (χ3v) is 9.21. The minimum Gasteiger partial charge on any atom is -0.494 e. The maximum Gasteiger partial charge on any atom is 0.229 e. The average Bonchev–Trinajstić information content (AvgIpc) is 2.91. The summed E-state index contributed by atoms with van der Waals surface area (Å²) in [6.07, 6.45) is 3.75. The molecule has 6 radical (unpaired) electrons. The van der Waals surface area contributed by atoms with E-state index in [1.54, 1.807) is 7.11 Å². The fourth-order valence-corrected chi connectivity index (χ4v) is 6.43. The maximum atomic E-state index is 10.1. The highest BCUT2D eigenvalue weighted by Gasteiger charge is 2.23. The predicted octanol–water partition coefficient (Wildman–Crippen LogP) is 3.33. The maximum absolute atomic E-state index is 10.1. The summed E-state index contributed by atoms with van der Waals surface area (Å²) in [5.41, 5.74) is 1.67. The lowest BCUT2D eigenvalue weighted by molar-refractivity contribution is 0.249. The molecule has 3 N–H and O–H groups in total. The first-order valence-corrected chi connectivity index (χ1v) is 14.5. The number of benzene rings is 2. The number of aliphatic hydroxyl groups excluding tert-OH is 1. The SMILES string of the molecule is [B]C([B])P(c1ccccc1Nc1nc(Nc2ccc(N3CCC(N(C)C)CC3)cc2OC)ncc1Cl)C([B])O. The molecule has 1 aliphatic rings. The number of nitrogens with one attached hydrogen (secondary N) is 2. The van der Waals surface area contributed by atoms with E-state index in [9.17, 15) is 5.11 Å². The van der Waals surface area contributed by atoms with Crippen LogP contribution in [0.1, 0.15) is 12.8 Å². The first-order chi connectivity index (χ1) is 18.7. The van der Waals surface area contributed by atoms with Gasteiger partial charge in [0.25, 0.3) is 0 Å². The third-order valence-electron chi connectivity index (χ3n) is 6.78. The van der Waals surface area contributed by atoms with Crippen LogP contribution in [0.2, 0.25) is 5.02 Å². The molecule has 2 atom stereocenters. The highest BCUT2D eigenvalue weighted by atomic mass is 35.5. The molecular formula is C26H31B3ClN6O2P. The molecule has 2 aromatic carbocycles. The summed E-state index contributed by atoms with van der Waals surface area (Å²) < 4.78 is 5.69. The van der Waals surface area contributed by atoms with E-state index in [1.807, 2.05) is 36.4 Å². The van der Waals surface area contributed by atoms with Gasteiger partial charge < -0.3 is 30.3 Å². The number of rotatable bonds is 10. The van der Waals surface area contributed by atoms with E-state index in [0.29, 0.717) is 39.6 Å². The Morgan fingerprint density at radius 1 is 1.10 bits per heavy atom. The highest BCUT2D eigenvalue weighted by molar-refractivity contribution is 7.71. The number of aliphatic hydroxyl groups is 1. The van der Waals surface area contributed by atoms with E-state index < -0.39 is 19.1 Å². The normalized spacial score (nSPS) is 15.8. The molecule has 1 saturated heterocycles. The van der Waals surface area contributed by atoms with Crippen LogP contribution in [0.5, 0.6) is 5.75 Å². The van der Waals surface area contributed by atoms with Crippen molar-refractivity contribution in [1.82, 2.24) is 14.9 Å². The summed E-state index contributed by atoms with van der Waals surface area (Å²) in [5.74, 6) is 0.192. The Balaban J connectivity index is 1.54. The van der Waals surface area contributed by atoms with E-state index in [0.717, 1.165) is 37.3 Å². The summed E-state index contributed by atoms with van der Waals surface area (Å²) in [4.78, 5) is 13.6. The zero-order chi connectivity index (χ0) is 28.1. The number of para-hydroxylation sites is 1. The fraction of sp³-hybridized carbons (Fsp3) is 0.385. The first kappa shape index (κ1) is 29.5. The summed E-state index contributed by atoms with van der Waals surface area (Å²) in [5, 5.41) is 17.6. The Hall–Kier alpha value is -2.45. The van der Waals surface area contributed by atoms with E-state index in [1.165, 1.54) is 6.20 Å². The van der Waals surface area contributed by atoms with Crippen molar-refractivity contribution in [1.29, 1.82) is 0 Å². The van der Waals surface area contributed by atoms with E-state index >= 15 is 0 Å². The topological polar surface area (TPSA) is 85.8 Å². The van der Waals surface area contributed by atoms with Crippen molar-refractivity contribution < 1.29 is 9.84 Å². The van der Waals surface area contributed by atoms with Gasteiger partial charge in [-0.3, -0.25) is 0 Å². The standard InChI is InChI=1S/C26H31B3ClN6O2P/c1-35(2)16-10-12-36(13-11-16)17-8-9-19(21(14-17)38-3)33-26-31-15-18(30)23(34-26)32-20-6-4-5-7-22(20)39(24(27)28)25(29)37/h4-9,14-16,24-25,37H,10-13H2,1-3H3,(H2,31,32,33,34). The molecule has 8 nitrogen and oxygen atoms in total. The lowest BCUT2D eigenvalue weighted by atomic mass is 9.86. The summed E-state index contributed by atoms with van der Waals surface area (Å²) >= 11 is 6.43. The van der Waals surface area contributed by atoms with Crippen molar-refractivity contribution in [3.63, 3.8) is 0 Å². The van der Waals surface area contributed by atoms with Crippen molar-refractivity contribution >= 4 is 77.2 Å². The second-order valence-corrected chi connectivity index (χ2v) is 12.4. The molecule has 4 rings (SSSR count). The summed E-state index contributed by atoms with van der Waals surface area (Å²) in [6.45, 7) is 1.99. The molecular weight excluding hydrogens is 527 g/mol. The van der Waals surface area contributed by atoms with Crippen molar-refractivity contribution in [2.45, 2.75) is 30.1 Å². The molecule has 2 unspecified atom stereocenters. The lowest BCUT2D eigenvalue weighted by Gasteiger charge is -2.36. The van der Waals surface area contributed by atoms with Crippen LogP contribution in [0.25, 0.3) is 0 Å². The van der Waals surface area contributed by atoms with Crippen molar-refractivity contribution in [2.75, 3.05) is 49.8 Å². The van der Waals surface area contributed by atoms with Gasteiger partial charge >= 0.3 is 0 Å². The number of aromatic nitrogens is 2. The molecule has 13 heteroatoms. The molecule has 39 heavy (non-hydrogen) atoms. The van der Waals surface area contributed by atoms with Crippen LogP contribution in [0.3, 0.4) is 0 Å². The minimum atomic E-state index is -1.47. The fourth-order valence-electron chi connectivity index (χ4n) is 4.67. The Morgan fingerprint density at radius 3 is 2.46 bits per heavy atom. The zero-order valence-electron chi connectivity index (χ0n) is 22.4. The van der Waals surface area contributed by atoms with Gasteiger partial charge in [0.15, 0.2) is 5.82 Å². The number of halogens is 1. The molecule has 198 valence electrons. The lowest BCUT2D eigenvalue weighted by Crippen LogP contribution is -2.41. The van der Waals surface area contributed by atoms with Gasteiger partial charge in [0.1, 0.15) is 18.6 Å². The van der Waals surface area contributed by atoms with Crippen molar-refractivity contribution in [2.24, 2.45) is 0 Å². The molecule has 0 spiro atoms. The molecule has 0 saturated carbocycles. The quantitative estimate of drug-likeness (QED) is 0.258. The zero-order valence-corrected chi connectivity index (χ0v) is 24.0. The molecule has 1 aromatic heterocycles. The van der Waals surface area contributed by atoms with Gasteiger partial charge in [0, 0.05) is 47.6 Å². The molecule has 1 aliphatic heterocycles. The smallest absolute Gasteiger partial charge is 0.229 e. The van der Waals surface area contributed by atoms with E-state index in [2.05, 4.69) is 50.6 Å². The van der Waals surface area contributed by atoms with Crippen LogP contribution < -0.4 is 25.6 Å². The van der Waals surface area contributed by atoms with Crippen LogP contribution in [0, 0.1) is 0 Å². The Labute approximate surface area is 240 Å². The van der Waals surface area contributed by atoms with Gasteiger partial charge in [-0.1, -0.05) is 43.2 Å². The van der Waals surface area contributed by atoms with E-state index in [4.69, 9.17) is 39.9 Å². The van der Waals surface area contributed by atoms with Gasteiger partial charge in [-0.25, -0.2) is 4.98 Å². The first-order valence-electron chi connectivity index (χ1n) is 12.7. The van der Waals surface area contributed by atoms with Crippen LogP contribution in [0.15, 0.2) is 48.7 Å². The Kier molecular flexibility index (Phi) is 10.1. The Morgan fingerprint density at radius 2 is 1.82 bits per heavy atom.